The molecule has 0 unspecified atom stereocenters. The van der Waals surface area contributed by atoms with Crippen LogP contribution >= 0.6 is 0 Å². The zero-order valence-electron chi connectivity index (χ0n) is 17.5. The molecule has 0 fully saturated rings. The molecule has 0 saturated heterocycles. The number of carbonyl (C=O) groups is 1. The van der Waals surface area contributed by atoms with Gasteiger partial charge in [-0.1, -0.05) is 19.9 Å². The molecule has 31 heavy (non-hydrogen) atoms. The molecule has 0 bridgehead atoms. The molecule has 1 amide bonds. The van der Waals surface area contributed by atoms with Crippen LogP contribution in [0.15, 0.2) is 48.7 Å². The van der Waals surface area contributed by atoms with E-state index >= 15 is 0 Å². The van der Waals surface area contributed by atoms with Crippen LogP contribution in [0.1, 0.15) is 43.1 Å². The van der Waals surface area contributed by atoms with Crippen molar-refractivity contribution in [1.29, 1.82) is 0 Å². The summed E-state index contributed by atoms with van der Waals surface area (Å²) in [6, 6.07) is 11.7. The summed E-state index contributed by atoms with van der Waals surface area (Å²) in [5.41, 5.74) is 3.74. The van der Waals surface area contributed by atoms with Crippen molar-refractivity contribution < 1.29 is 18.7 Å². The lowest BCUT2D eigenvalue weighted by atomic mass is 9.74. The van der Waals surface area contributed by atoms with E-state index in [2.05, 4.69) is 24.3 Å². The average Bonchev–Trinajstić information content (AvgIpc) is 3.34. The van der Waals surface area contributed by atoms with E-state index in [9.17, 15) is 9.18 Å². The first kappa shape index (κ1) is 19.6. The number of rotatable bonds is 4. The van der Waals surface area contributed by atoms with Gasteiger partial charge < -0.3 is 14.8 Å². The predicted molar refractivity (Wildman–Crippen MR) is 113 cm³/mol. The van der Waals surface area contributed by atoms with Crippen LogP contribution in [0.3, 0.4) is 0 Å². The van der Waals surface area contributed by atoms with Gasteiger partial charge in [0, 0.05) is 5.56 Å². The molecule has 2 aromatic carbocycles. The van der Waals surface area contributed by atoms with Crippen molar-refractivity contribution in [3.63, 3.8) is 0 Å². The number of fused-ring (bicyclic) bond motifs is 2. The lowest BCUT2D eigenvalue weighted by molar-refractivity contribution is -0.121. The summed E-state index contributed by atoms with van der Waals surface area (Å²) in [6.07, 6.45) is 3.73. The quantitative estimate of drug-likeness (QED) is 0.689. The molecule has 6 nitrogen and oxygen atoms in total. The van der Waals surface area contributed by atoms with Gasteiger partial charge in [0.15, 0.2) is 11.5 Å². The number of ether oxygens (including phenoxy) is 2. The molecule has 1 aliphatic heterocycles. The third-order valence-corrected chi connectivity index (χ3v) is 5.89. The summed E-state index contributed by atoms with van der Waals surface area (Å²) in [7, 11) is 0. The normalized spacial score (nSPS) is 18.5. The molecule has 0 spiro atoms. The highest BCUT2D eigenvalue weighted by Crippen LogP contribution is 2.41. The van der Waals surface area contributed by atoms with Crippen LogP contribution < -0.4 is 14.8 Å². The zero-order valence-corrected chi connectivity index (χ0v) is 17.5. The van der Waals surface area contributed by atoms with Crippen molar-refractivity contribution in [2.45, 2.75) is 39.2 Å². The van der Waals surface area contributed by atoms with E-state index in [1.165, 1.54) is 12.1 Å². The van der Waals surface area contributed by atoms with Crippen LogP contribution in [-0.4, -0.2) is 22.5 Å². The van der Waals surface area contributed by atoms with Gasteiger partial charge in [-0.25, -0.2) is 9.07 Å². The molecule has 2 aliphatic rings. The molecule has 1 N–H and O–H groups in total. The minimum atomic E-state index is -0.279. The predicted octanol–water partition coefficient (Wildman–Crippen LogP) is 4.11. The molecule has 160 valence electrons. The molecule has 0 saturated carbocycles. The molecule has 2 heterocycles. The van der Waals surface area contributed by atoms with E-state index in [1.807, 2.05) is 29.1 Å². The summed E-state index contributed by atoms with van der Waals surface area (Å²) < 4.78 is 26.0. The minimum Gasteiger partial charge on any atom is -0.454 e. The summed E-state index contributed by atoms with van der Waals surface area (Å²) in [5.74, 6) is 1.05. The Balaban J connectivity index is 1.37. The number of hydrogen-bond donors (Lipinski definition) is 1. The number of carbonyl (C=O) groups excluding carboxylic acids is 1. The standard InChI is InChI=1S/C24H24FN3O3/c1-24(2)11-19(27-23(29)10-15-3-8-21-22(9-15)31-14-30-21)18-13-26-28(20(18)12-24)17-6-4-16(25)5-7-17/h3-9,13,19H,10-12,14H2,1-2H3,(H,27,29)/t19-/m1/s1. The Labute approximate surface area is 180 Å². The average molecular weight is 421 g/mol. The van der Waals surface area contributed by atoms with E-state index in [1.54, 1.807) is 12.1 Å². The monoisotopic (exact) mass is 421 g/mol. The number of hydrogen-bond acceptors (Lipinski definition) is 4. The highest BCUT2D eigenvalue weighted by Gasteiger charge is 2.36. The van der Waals surface area contributed by atoms with Gasteiger partial charge in [-0.2, -0.15) is 5.10 Å². The molecular formula is C24H24FN3O3. The summed E-state index contributed by atoms with van der Waals surface area (Å²) >= 11 is 0. The highest BCUT2D eigenvalue weighted by molar-refractivity contribution is 5.79. The maximum absolute atomic E-state index is 13.4. The van der Waals surface area contributed by atoms with Gasteiger partial charge in [0.2, 0.25) is 12.7 Å². The Hall–Kier alpha value is -3.35. The Morgan fingerprint density at radius 1 is 1.19 bits per heavy atom. The van der Waals surface area contributed by atoms with Crippen LogP contribution in [0.4, 0.5) is 4.39 Å². The van der Waals surface area contributed by atoms with E-state index in [0.29, 0.717) is 11.5 Å². The zero-order chi connectivity index (χ0) is 21.6. The maximum atomic E-state index is 13.4. The first-order chi connectivity index (χ1) is 14.9. The van der Waals surface area contributed by atoms with Crippen LogP contribution in [0.2, 0.25) is 0 Å². The van der Waals surface area contributed by atoms with E-state index in [-0.39, 0.29) is 36.4 Å². The van der Waals surface area contributed by atoms with E-state index in [4.69, 9.17) is 9.47 Å². The molecule has 0 radical (unpaired) electrons. The molecule has 5 rings (SSSR count). The molecule has 3 aromatic rings. The maximum Gasteiger partial charge on any atom is 0.231 e. The fraction of sp³-hybridized carbons (Fsp3) is 0.333. The van der Waals surface area contributed by atoms with Gasteiger partial charge in [0.25, 0.3) is 0 Å². The topological polar surface area (TPSA) is 65.4 Å². The van der Waals surface area contributed by atoms with Gasteiger partial charge >= 0.3 is 0 Å². The van der Waals surface area contributed by atoms with Gasteiger partial charge in [-0.3, -0.25) is 4.79 Å². The summed E-state index contributed by atoms with van der Waals surface area (Å²) in [5, 5.41) is 7.75. The van der Waals surface area contributed by atoms with Crippen molar-refractivity contribution >= 4 is 5.91 Å². The molecule has 1 aromatic heterocycles. The fourth-order valence-corrected chi connectivity index (χ4v) is 4.46. The van der Waals surface area contributed by atoms with Crippen LogP contribution in [0, 0.1) is 11.2 Å². The second kappa shape index (κ2) is 7.41. The van der Waals surface area contributed by atoms with E-state index < -0.39 is 0 Å². The molecule has 7 heteroatoms. The summed E-state index contributed by atoms with van der Waals surface area (Å²) in [6.45, 7) is 4.59. The SMILES string of the molecule is CC1(C)Cc2c(cnn2-c2ccc(F)cc2)[C@H](NC(=O)Cc2ccc3c(c2)OCO3)C1. The second-order valence-corrected chi connectivity index (χ2v) is 8.96. The van der Waals surface area contributed by atoms with Crippen LogP contribution in [0.25, 0.3) is 5.69 Å². The van der Waals surface area contributed by atoms with Gasteiger partial charge in [-0.05, 0) is 60.2 Å². The highest BCUT2D eigenvalue weighted by atomic mass is 19.1. The van der Waals surface area contributed by atoms with Crippen LogP contribution in [0.5, 0.6) is 11.5 Å². The summed E-state index contributed by atoms with van der Waals surface area (Å²) in [4.78, 5) is 12.9. The van der Waals surface area contributed by atoms with Crippen molar-refractivity contribution in [2.24, 2.45) is 5.41 Å². The first-order valence-corrected chi connectivity index (χ1v) is 10.4. The molecule has 1 aliphatic carbocycles. The van der Waals surface area contributed by atoms with Crippen LogP contribution in [-0.2, 0) is 17.6 Å². The van der Waals surface area contributed by atoms with Crippen molar-refractivity contribution in [3.05, 3.63) is 71.3 Å². The number of halogens is 1. The minimum absolute atomic E-state index is 0.0124. The van der Waals surface area contributed by atoms with Crippen molar-refractivity contribution in [2.75, 3.05) is 6.79 Å². The largest absolute Gasteiger partial charge is 0.454 e. The van der Waals surface area contributed by atoms with Crippen molar-refractivity contribution in [1.82, 2.24) is 15.1 Å². The lowest BCUT2D eigenvalue weighted by Crippen LogP contribution is -2.37. The number of nitrogens with zero attached hydrogens (tertiary/aromatic N) is 2. The lowest BCUT2D eigenvalue weighted by Gasteiger charge is -2.36. The van der Waals surface area contributed by atoms with Gasteiger partial charge in [0.05, 0.1) is 30.0 Å². The fourth-order valence-electron chi connectivity index (χ4n) is 4.46. The van der Waals surface area contributed by atoms with Crippen molar-refractivity contribution in [3.8, 4) is 17.2 Å². The molecular weight excluding hydrogens is 397 g/mol. The third-order valence-electron chi connectivity index (χ3n) is 5.89. The smallest absolute Gasteiger partial charge is 0.231 e. The first-order valence-electron chi connectivity index (χ1n) is 10.4. The van der Waals surface area contributed by atoms with Gasteiger partial charge in [0.1, 0.15) is 5.82 Å². The number of benzene rings is 2. The Morgan fingerprint density at radius 2 is 1.97 bits per heavy atom. The van der Waals surface area contributed by atoms with E-state index in [0.717, 1.165) is 35.3 Å². The Kier molecular flexibility index (Phi) is 4.68. The Bertz CT molecular complexity index is 1140. The Morgan fingerprint density at radius 3 is 2.77 bits per heavy atom. The number of aromatic nitrogens is 2. The number of amides is 1. The van der Waals surface area contributed by atoms with Gasteiger partial charge in [-0.15, -0.1) is 0 Å². The second-order valence-electron chi connectivity index (χ2n) is 8.96. The molecule has 1 atom stereocenters. The third kappa shape index (κ3) is 3.87. The number of nitrogens with one attached hydrogen (secondary N) is 1.